The fourth-order valence-corrected chi connectivity index (χ4v) is 1.84. The van der Waals surface area contributed by atoms with Crippen molar-refractivity contribution in [2.45, 2.75) is 46.3 Å². The van der Waals surface area contributed by atoms with E-state index in [0.29, 0.717) is 6.42 Å². The van der Waals surface area contributed by atoms with E-state index < -0.39 is 12.1 Å². The SMILES string of the molecule is C[C@H](C(=O)N1CC(O)C[C@H]1C=O)C(C)(C)C. The maximum atomic E-state index is 12.2. The molecule has 1 aliphatic rings. The first kappa shape index (κ1) is 13.2. The molecule has 4 heteroatoms. The Bertz CT molecular complexity index is 282. The highest BCUT2D eigenvalue weighted by molar-refractivity contribution is 5.82. The molecular formula is C12H21NO3. The molecule has 1 aliphatic heterocycles. The Morgan fingerprint density at radius 3 is 2.50 bits per heavy atom. The zero-order valence-corrected chi connectivity index (χ0v) is 10.4. The minimum atomic E-state index is -0.564. The third-order valence-corrected chi connectivity index (χ3v) is 3.43. The molecule has 0 radical (unpaired) electrons. The summed E-state index contributed by atoms with van der Waals surface area (Å²) in [5, 5.41) is 9.48. The largest absolute Gasteiger partial charge is 0.391 e. The fraction of sp³-hybridized carbons (Fsp3) is 0.833. The van der Waals surface area contributed by atoms with Gasteiger partial charge < -0.3 is 14.8 Å². The van der Waals surface area contributed by atoms with Crippen LogP contribution in [0, 0.1) is 11.3 Å². The average Bonchev–Trinajstić information content (AvgIpc) is 2.55. The van der Waals surface area contributed by atoms with Gasteiger partial charge in [0.15, 0.2) is 0 Å². The summed E-state index contributed by atoms with van der Waals surface area (Å²) in [6.07, 6.45) is 0.557. The number of carbonyl (C=O) groups excluding carboxylic acids is 2. The lowest BCUT2D eigenvalue weighted by Gasteiger charge is -2.31. The standard InChI is InChI=1S/C12H21NO3/c1-8(12(2,3)4)11(16)13-6-10(15)5-9(13)7-14/h7-10,15H,5-6H2,1-4H3/t8-,9+,10?/m1/s1. The zero-order chi connectivity index (χ0) is 12.5. The van der Waals surface area contributed by atoms with E-state index in [1.54, 1.807) is 0 Å². The molecule has 0 aromatic carbocycles. The van der Waals surface area contributed by atoms with Crippen LogP contribution in [0.3, 0.4) is 0 Å². The summed E-state index contributed by atoms with van der Waals surface area (Å²) in [5.41, 5.74) is -0.127. The maximum Gasteiger partial charge on any atom is 0.226 e. The number of nitrogens with zero attached hydrogens (tertiary/aromatic N) is 1. The first-order valence-corrected chi connectivity index (χ1v) is 5.71. The molecule has 0 aromatic rings. The van der Waals surface area contributed by atoms with Crippen LogP contribution >= 0.6 is 0 Å². The van der Waals surface area contributed by atoms with Crippen LogP contribution in [0.2, 0.25) is 0 Å². The van der Waals surface area contributed by atoms with Gasteiger partial charge in [0.05, 0.1) is 12.1 Å². The normalized spacial score (nSPS) is 27.9. The van der Waals surface area contributed by atoms with E-state index in [1.807, 2.05) is 27.7 Å². The lowest BCUT2D eigenvalue weighted by atomic mass is 9.81. The van der Waals surface area contributed by atoms with Gasteiger partial charge in [0, 0.05) is 18.9 Å². The number of β-amino-alcohol motifs (C(OH)–C–C–N with tert-alkyl or cyclic N) is 1. The molecule has 16 heavy (non-hydrogen) atoms. The quantitative estimate of drug-likeness (QED) is 0.711. The Balaban J connectivity index is 2.77. The molecule has 92 valence electrons. The topological polar surface area (TPSA) is 57.6 Å². The highest BCUT2D eigenvalue weighted by Crippen LogP contribution is 2.29. The fourth-order valence-electron chi connectivity index (χ4n) is 1.84. The molecule has 0 spiro atoms. The summed E-state index contributed by atoms with van der Waals surface area (Å²) in [7, 11) is 0. The zero-order valence-electron chi connectivity index (χ0n) is 10.4. The number of amides is 1. The van der Waals surface area contributed by atoms with Crippen molar-refractivity contribution in [2.24, 2.45) is 11.3 Å². The van der Waals surface area contributed by atoms with E-state index >= 15 is 0 Å². The Kier molecular flexibility index (Phi) is 3.73. The van der Waals surface area contributed by atoms with Crippen molar-refractivity contribution >= 4 is 12.2 Å². The summed E-state index contributed by atoms with van der Waals surface area (Å²) in [6, 6.07) is -0.452. The van der Waals surface area contributed by atoms with Gasteiger partial charge >= 0.3 is 0 Å². The van der Waals surface area contributed by atoms with Gasteiger partial charge in [0.25, 0.3) is 0 Å². The van der Waals surface area contributed by atoms with E-state index in [2.05, 4.69) is 0 Å². The van der Waals surface area contributed by atoms with Crippen LogP contribution in [-0.4, -0.2) is 40.9 Å². The van der Waals surface area contributed by atoms with E-state index in [9.17, 15) is 14.7 Å². The summed E-state index contributed by atoms with van der Waals surface area (Å²) in [6.45, 7) is 8.14. The first-order chi connectivity index (χ1) is 7.27. The van der Waals surface area contributed by atoms with Gasteiger partial charge in [-0.05, 0) is 5.41 Å². The van der Waals surface area contributed by atoms with Gasteiger partial charge in [0.2, 0.25) is 5.91 Å². The smallest absolute Gasteiger partial charge is 0.226 e. The van der Waals surface area contributed by atoms with Crippen LogP contribution in [0.4, 0.5) is 0 Å². The van der Waals surface area contributed by atoms with Crippen LogP contribution < -0.4 is 0 Å². The summed E-state index contributed by atoms with van der Waals surface area (Å²) in [5.74, 6) is -0.193. The number of likely N-dealkylation sites (tertiary alicyclic amines) is 1. The van der Waals surface area contributed by atoms with Gasteiger partial charge in [-0.25, -0.2) is 0 Å². The van der Waals surface area contributed by atoms with Crippen molar-refractivity contribution in [3.05, 3.63) is 0 Å². The molecule has 1 unspecified atom stereocenters. The molecular weight excluding hydrogens is 206 g/mol. The second-order valence-corrected chi connectivity index (χ2v) is 5.67. The van der Waals surface area contributed by atoms with Crippen molar-refractivity contribution in [2.75, 3.05) is 6.54 Å². The summed E-state index contributed by atoms with van der Waals surface area (Å²) >= 11 is 0. The van der Waals surface area contributed by atoms with Crippen LogP contribution in [0.1, 0.15) is 34.1 Å². The van der Waals surface area contributed by atoms with Crippen molar-refractivity contribution in [1.29, 1.82) is 0 Å². The number of aldehydes is 1. The molecule has 1 heterocycles. The van der Waals surface area contributed by atoms with Crippen LogP contribution in [0.5, 0.6) is 0 Å². The molecule has 1 fully saturated rings. The molecule has 1 amide bonds. The molecule has 4 nitrogen and oxygen atoms in total. The molecule has 0 aromatic heterocycles. The number of carbonyl (C=O) groups is 2. The maximum absolute atomic E-state index is 12.2. The van der Waals surface area contributed by atoms with E-state index in [4.69, 9.17) is 0 Å². The lowest BCUT2D eigenvalue weighted by molar-refractivity contribution is -0.141. The van der Waals surface area contributed by atoms with Gasteiger partial charge in [-0.1, -0.05) is 27.7 Å². The molecule has 1 rings (SSSR count). The van der Waals surface area contributed by atoms with Crippen LogP contribution in [0.25, 0.3) is 0 Å². The lowest BCUT2D eigenvalue weighted by Crippen LogP contribution is -2.43. The Hall–Kier alpha value is -0.900. The molecule has 0 bridgehead atoms. The number of aliphatic hydroxyl groups is 1. The molecule has 1 N–H and O–H groups in total. The molecule has 1 saturated heterocycles. The number of hydrogen-bond acceptors (Lipinski definition) is 3. The highest BCUT2D eigenvalue weighted by Gasteiger charge is 2.38. The third kappa shape index (κ3) is 2.61. The van der Waals surface area contributed by atoms with Gasteiger partial charge in [-0.3, -0.25) is 4.79 Å². The van der Waals surface area contributed by atoms with Gasteiger partial charge in [0.1, 0.15) is 6.29 Å². The van der Waals surface area contributed by atoms with Crippen LogP contribution in [0.15, 0.2) is 0 Å². The molecule has 0 saturated carbocycles. The van der Waals surface area contributed by atoms with E-state index in [-0.39, 0.29) is 23.8 Å². The first-order valence-electron chi connectivity index (χ1n) is 5.71. The number of rotatable bonds is 2. The summed E-state index contributed by atoms with van der Waals surface area (Å²) < 4.78 is 0. The highest BCUT2D eigenvalue weighted by atomic mass is 16.3. The molecule has 0 aliphatic carbocycles. The monoisotopic (exact) mass is 227 g/mol. The summed E-state index contributed by atoms with van der Waals surface area (Å²) in [4.78, 5) is 24.5. The predicted octanol–water partition coefficient (Wildman–Crippen LogP) is 0.829. The predicted molar refractivity (Wildman–Crippen MR) is 60.8 cm³/mol. The van der Waals surface area contributed by atoms with Crippen molar-refractivity contribution in [3.8, 4) is 0 Å². The van der Waals surface area contributed by atoms with Gasteiger partial charge in [-0.15, -0.1) is 0 Å². The second kappa shape index (κ2) is 4.53. The van der Waals surface area contributed by atoms with Crippen molar-refractivity contribution < 1.29 is 14.7 Å². The van der Waals surface area contributed by atoms with Gasteiger partial charge in [-0.2, -0.15) is 0 Å². The van der Waals surface area contributed by atoms with E-state index in [1.165, 1.54) is 4.90 Å². The second-order valence-electron chi connectivity index (χ2n) is 5.67. The minimum Gasteiger partial charge on any atom is -0.391 e. The number of aliphatic hydroxyl groups excluding tert-OH is 1. The Labute approximate surface area is 96.6 Å². The Morgan fingerprint density at radius 1 is 1.50 bits per heavy atom. The average molecular weight is 227 g/mol. The van der Waals surface area contributed by atoms with Crippen molar-refractivity contribution in [1.82, 2.24) is 4.90 Å². The van der Waals surface area contributed by atoms with E-state index in [0.717, 1.165) is 6.29 Å². The third-order valence-electron chi connectivity index (χ3n) is 3.43. The molecule has 3 atom stereocenters. The number of hydrogen-bond donors (Lipinski definition) is 1. The van der Waals surface area contributed by atoms with Crippen molar-refractivity contribution in [3.63, 3.8) is 0 Å². The minimum absolute atomic E-state index is 0.0406. The van der Waals surface area contributed by atoms with Crippen LogP contribution in [-0.2, 0) is 9.59 Å². The Morgan fingerprint density at radius 2 is 2.06 bits per heavy atom.